The largest absolute Gasteiger partial charge is 0.440 e. The van der Waals surface area contributed by atoms with Crippen molar-refractivity contribution in [3.8, 4) is 0 Å². The van der Waals surface area contributed by atoms with Gasteiger partial charge in [0, 0.05) is 26.1 Å². The summed E-state index contributed by atoms with van der Waals surface area (Å²) in [5.74, 6) is 0.971. The van der Waals surface area contributed by atoms with Gasteiger partial charge in [-0.2, -0.15) is 0 Å². The van der Waals surface area contributed by atoms with Crippen molar-refractivity contribution in [2.75, 3.05) is 18.0 Å². The molecule has 0 amide bonds. The van der Waals surface area contributed by atoms with Gasteiger partial charge in [0.05, 0.1) is 17.8 Å². The number of piperidine rings is 1. The first-order valence-corrected chi connectivity index (χ1v) is 10.9. The maximum absolute atomic E-state index is 12.8. The first-order chi connectivity index (χ1) is 15.0. The second-order valence-corrected chi connectivity index (χ2v) is 8.77. The molecule has 1 fully saturated rings. The molecular formula is C23H20BrN5O2. The van der Waals surface area contributed by atoms with Crippen LogP contribution in [-0.2, 0) is 7.05 Å². The molecule has 8 heteroatoms. The molecule has 0 bridgehead atoms. The van der Waals surface area contributed by atoms with Gasteiger partial charge in [0.2, 0.25) is 0 Å². The summed E-state index contributed by atoms with van der Waals surface area (Å²) < 4.78 is 8.19. The van der Waals surface area contributed by atoms with E-state index in [1.165, 1.54) is 4.57 Å². The number of pyridine rings is 2. The summed E-state index contributed by atoms with van der Waals surface area (Å²) in [5.41, 5.74) is 4.69. The van der Waals surface area contributed by atoms with Gasteiger partial charge in [0.25, 0.3) is 11.2 Å². The van der Waals surface area contributed by atoms with E-state index < -0.39 is 0 Å². The van der Waals surface area contributed by atoms with Crippen LogP contribution in [0.15, 0.2) is 44.1 Å². The molecule has 5 rings (SSSR count). The highest BCUT2D eigenvalue weighted by Crippen LogP contribution is 2.38. The summed E-state index contributed by atoms with van der Waals surface area (Å²) in [6.45, 7) is 11.1. The van der Waals surface area contributed by atoms with E-state index in [9.17, 15) is 4.79 Å². The Kier molecular flexibility index (Phi) is 4.78. The van der Waals surface area contributed by atoms with Crippen LogP contribution in [0, 0.1) is 13.5 Å². The maximum atomic E-state index is 12.8. The summed E-state index contributed by atoms with van der Waals surface area (Å²) in [7, 11) is 1.68. The monoisotopic (exact) mass is 477 g/mol. The van der Waals surface area contributed by atoms with Crippen LogP contribution in [0.1, 0.15) is 30.2 Å². The molecule has 1 aromatic carbocycles. The van der Waals surface area contributed by atoms with Gasteiger partial charge in [-0.15, -0.1) is 0 Å². The van der Waals surface area contributed by atoms with Gasteiger partial charge in [-0.05, 0) is 65.5 Å². The predicted octanol–water partition coefficient (Wildman–Crippen LogP) is 5.08. The van der Waals surface area contributed by atoms with Gasteiger partial charge >= 0.3 is 0 Å². The van der Waals surface area contributed by atoms with E-state index >= 15 is 0 Å². The lowest BCUT2D eigenvalue weighted by Gasteiger charge is -2.33. The van der Waals surface area contributed by atoms with E-state index in [-0.39, 0.29) is 17.2 Å². The van der Waals surface area contributed by atoms with Gasteiger partial charge in [-0.1, -0.05) is 6.07 Å². The van der Waals surface area contributed by atoms with E-state index in [0.717, 1.165) is 35.4 Å². The Morgan fingerprint density at radius 2 is 1.97 bits per heavy atom. The Balaban J connectivity index is 1.50. The van der Waals surface area contributed by atoms with Crippen molar-refractivity contribution in [2.24, 2.45) is 7.05 Å². The third-order valence-electron chi connectivity index (χ3n) is 5.99. The minimum Gasteiger partial charge on any atom is -0.440 e. The molecule has 0 unspecified atom stereocenters. The predicted molar refractivity (Wildman–Crippen MR) is 124 cm³/mol. The van der Waals surface area contributed by atoms with Crippen LogP contribution in [-0.4, -0.2) is 27.6 Å². The molecule has 3 aromatic heterocycles. The van der Waals surface area contributed by atoms with Gasteiger partial charge in [0.1, 0.15) is 15.6 Å². The summed E-state index contributed by atoms with van der Waals surface area (Å²) >= 11 is 3.43. The molecule has 1 aliphatic rings. The Labute approximate surface area is 187 Å². The number of nitrogens with zero attached hydrogens (tertiary/aromatic N) is 5. The number of benzene rings is 1. The van der Waals surface area contributed by atoms with Crippen molar-refractivity contribution in [2.45, 2.75) is 25.7 Å². The van der Waals surface area contributed by atoms with Crippen LogP contribution < -0.4 is 10.5 Å². The van der Waals surface area contributed by atoms with Gasteiger partial charge in [-0.25, -0.2) is 14.8 Å². The van der Waals surface area contributed by atoms with Crippen molar-refractivity contribution < 1.29 is 4.42 Å². The zero-order chi connectivity index (χ0) is 21.7. The number of aromatic nitrogens is 3. The third kappa shape index (κ3) is 3.29. The Morgan fingerprint density at radius 3 is 2.71 bits per heavy atom. The molecule has 0 aliphatic carbocycles. The van der Waals surface area contributed by atoms with Crippen LogP contribution >= 0.6 is 15.9 Å². The maximum Gasteiger partial charge on any atom is 0.275 e. The van der Waals surface area contributed by atoms with Gasteiger partial charge in [-0.3, -0.25) is 4.79 Å². The molecule has 156 valence electrons. The molecule has 0 spiro atoms. The average Bonchev–Trinajstić information content (AvgIpc) is 3.19. The van der Waals surface area contributed by atoms with E-state index in [1.807, 2.05) is 37.3 Å². The van der Waals surface area contributed by atoms with Crippen LogP contribution in [0.3, 0.4) is 0 Å². The third-order valence-corrected chi connectivity index (χ3v) is 6.43. The normalized spacial score (nSPS) is 15.0. The van der Waals surface area contributed by atoms with Crippen LogP contribution in [0.25, 0.3) is 27.0 Å². The SMILES string of the molecule is [C-]#[N+]c1c(N2CCC(c3nc4cc(C)ccc4o3)CC2)c2nc(Br)ccc2n(C)c1=O. The van der Waals surface area contributed by atoms with Crippen molar-refractivity contribution in [3.05, 3.63) is 68.2 Å². The van der Waals surface area contributed by atoms with Gasteiger partial charge < -0.3 is 13.9 Å². The lowest BCUT2D eigenvalue weighted by molar-refractivity contribution is 0.408. The number of anilines is 1. The highest BCUT2D eigenvalue weighted by Gasteiger charge is 2.29. The molecule has 0 radical (unpaired) electrons. The van der Waals surface area contributed by atoms with Crippen molar-refractivity contribution in [3.63, 3.8) is 0 Å². The van der Waals surface area contributed by atoms with Gasteiger partial charge in [0.15, 0.2) is 11.5 Å². The van der Waals surface area contributed by atoms with E-state index in [2.05, 4.69) is 30.7 Å². The fraction of sp³-hybridized carbons (Fsp3) is 0.304. The minimum absolute atomic E-state index is 0.122. The summed E-state index contributed by atoms with van der Waals surface area (Å²) in [6.07, 6.45) is 1.65. The Morgan fingerprint density at radius 1 is 1.19 bits per heavy atom. The zero-order valence-corrected chi connectivity index (χ0v) is 18.8. The molecule has 4 heterocycles. The number of hydrogen-bond donors (Lipinski definition) is 0. The Bertz CT molecular complexity index is 1420. The quantitative estimate of drug-likeness (QED) is 0.297. The van der Waals surface area contributed by atoms with E-state index in [0.29, 0.717) is 34.4 Å². The molecule has 7 nitrogen and oxygen atoms in total. The number of hydrogen-bond acceptors (Lipinski definition) is 5. The number of rotatable bonds is 2. The van der Waals surface area contributed by atoms with Crippen LogP contribution in [0.2, 0.25) is 0 Å². The van der Waals surface area contributed by atoms with Crippen LogP contribution in [0.4, 0.5) is 11.4 Å². The average molecular weight is 478 g/mol. The summed E-state index contributed by atoms with van der Waals surface area (Å²) in [5, 5.41) is 0. The Hall–Kier alpha value is -3.18. The molecule has 1 aliphatic heterocycles. The van der Waals surface area contributed by atoms with Crippen molar-refractivity contribution in [1.29, 1.82) is 0 Å². The molecule has 0 atom stereocenters. The number of oxazole rings is 1. The lowest BCUT2D eigenvalue weighted by atomic mass is 9.96. The zero-order valence-electron chi connectivity index (χ0n) is 17.2. The number of fused-ring (bicyclic) bond motifs is 2. The highest BCUT2D eigenvalue weighted by atomic mass is 79.9. The number of halogens is 1. The summed E-state index contributed by atoms with van der Waals surface area (Å²) in [6, 6.07) is 9.70. The molecule has 4 aromatic rings. The topological polar surface area (TPSA) is 68.5 Å². The highest BCUT2D eigenvalue weighted by molar-refractivity contribution is 9.10. The molecule has 1 saturated heterocycles. The first kappa shape index (κ1) is 19.8. The van der Waals surface area contributed by atoms with Crippen molar-refractivity contribution in [1.82, 2.24) is 14.5 Å². The fourth-order valence-corrected chi connectivity index (χ4v) is 4.64. The lowest BCUT2D eigenvalue weighted by Crippen LogP contribution is -2.34. The van der Waals surface area contributed by atoms with E-state index in [1.54, 1.807) is 7.05 Å². The van der Waals surface area contributed by atoms with Crippen LogP contribution in [0.5, 0.6) is 0 Å². The molecule has 31 heavy (non-hydrogen) atoms. The second kappa shape index (κ2) is 7.50. The minimum atomic E-state index is -0.293. The first-order valence-electron chi connectivity index (χ1n) is 10.1. The standard InChI is InChI=1S/C23H20BrN5O2/c1-13-4-6-17-15(12-13)26-22(31-17)14-8-10-29(11-9-14)21-19-16(5-7-18(24)27-19)28(3)23(30)20(21)25-2/h4-7,12,14H,8-11H2,1,3H3. The second-order valence-electron chi connectivity index (χ2n) is 7.96. The molecule has 0 N–H and O–H groups in total. The smallest absolute Gasteiger partial charge is 0.275 e. The molecular weight excluding hydrogens is 458 g/mol. The summed E-state index contributed by atoms with van der Waals surface area (Å²) in [4.78, 5) is 27.9. The molecule has 0 saturated carbocycles. The van der Waals surface area contributed by atoms with E-state index in [4.69, 9.17) is 16.0 Å². The number of aryl methyl sites for hydroxylation is 2. The van der Waals surface area contributed by atoms with Crippen molar-refractivity contribution >= 4 is 49.4 Å². The fourth-order valence-electron chi connectivity index (χ4n) is 4.33.